The Kier molecular flexibility index (Phi) is 3.78. The zero-order valence-electron chi connectivity index (χ0n) is 13.4. The van der Waals surface area contributed by atoms with Crippen LogP contribution in [0.3, 0.4) is 0 Å². The number of hydrogen-bond donors (Lipinski definition) is 0. The lowest BCUT2D eigenvalue weighted by molar-refractivity contribution is -0.138. The lowest BCUT2D eigenvalue weighted by Crippen LogP contribution is -2.64. The number of amides is 2. The van der Waals surface area contributed by atoms with E-state index in [2.05, 4.69) is 11.6 Å². The van der Waals surface area contributed by atoms with Gasteiger partial charge in [0.15, 0.2) is 0 Å². The Morgan fingerprint density at radius 3 is 2.52 bits per heavy atom. The molecule has 5 heteroatoms. The summed E-state index contributed by atoms with van der Waals surface area (Å²) in [5, 5.41) is 0. The predicted octanol–water partition coefficient (Wildman–Crippen LogP) is 2.11. The summed E-state index contributed by atoms with van der Waals surface area (Å²) in [5.74, 6) is 0.343. The molecule has 5 nitrogen and oxygen atoms in total. The average molecular weight is 289 g/mol. The fourth-order valence-electron chi connectivity index (χ4n) is 2.82. The molecule has 2 aliphatic rings. The maximum atomic E-state index is 12.6. The minimum Gasteiger partial charge on any atom is -0.274 e. The predicted molar refractivity (Wildman–Crippen MR) is 82.7 cm³/mol. The molecule has 1 unspecified atom stereocenters. The number of guanidine groups is 1. The highest BCUT2D eigenvalue weighted by atomic mass is 16.2. The molecule has 0 N–H and O–H groups in total. The van der Waals surface area contributed by atoms with Crippen molar-refractivity contribution in [2.75, 3.05) is 6.54 Å². The van der Waals surface area contributed by atoms with E-state index in [0.717, 1.165) is 11.1 Å². The molecule has 0 radical (unpaired) electrons. The molecule has 0 saturated carbocycles. The monoisotopic (exact) mass is 289 g/mol. The number of hydrogen-bond acceptors (Lipinski definition) is 3. The van der Waals surface area contributed by atoms with Gasteiger partial charge < -0.3 is 0 Å². The highest BCUT2D eigenvalue weighted by molar-refractivity contribution is 6.11. The zero-order valence-corrected chi connectivity index (χ0v) is 13.4. The van der Waals surface area contributed by atoms with Crippen molar-refractivity contribution in [1.82, 2.24) is 9.80 Å². The van der Waals surface area contributed by atoms with E-state index in [0.29, 0.717) is 12.5 Å². The number of nitrogens with zero attached hydrogens (tertiary/aromatic N) is 3. The van der Waals surface area contributed by atoms with Crippen LogP contribution in [0, 0.1) is 0 Å². The van der Waals surface area contributed by atoms with E-state index in [1.165, 1.54) is 0 Å². The standard InChI is InChI=1S/C16H23N3O2/c1-10(2)7-13(20)19-15-17-9-12(11(3)4)18(15)14(21)8-16(19,5)6/h7,12H,3,8-9H2,1-2,4-6H3. The number of aliphatic imine (C=N–C) groups is 1. The van der Waals surface area contributed by atoms with Gasteiger partial charge in [-0.15, -0.1) is 0 Å². The smallest absolute Gasteiger partial charge is 0.253 e. The van der Waals surface area contributed by atoms with Crippen molar-refractivity contribution in [3.05, 3.63) is 23.8 Å². The van der Waals surface area contributed by atoms with Crippen molar-refractivity contribution in [3.63, 3.8) is 0 Å². The van der Waals surface area contributed by atoms with Crippen molar-refractivity contribution < 1.29 is 9.59 Å². The second kappa shape index (κ2) is 5.13. The van der Waals surface area contributed by atoms with Crippen LogP contribution in [-0.2, 0) is 9.59 Å². The van der Waals surface area contributed by atoms with E-state index < -0.39 is 5.54 Å². The molecule has 1 atom stereocenters. The molecule has 0 aromatic carbocycles. The summed E-state index contributed by atoms with van der Waals surface area (Å²) < 4.78 is 0. The van der Waals surface area contributed by atoms with Crippen molar-refractivity contribution >= 4 is 17.8 Å². The molecule has 2 amide bonds. The van der Waals surface area contributed by atoms with Crippen LogP contribution in [0.15, 0.2) is 28.8 Å². The quantitative estimate of drug-likeness (QED) is 0.577. The summed E-state index contributed by atoms with van der Waals surface area (Å²) in [5.41, 5.74) is 1.24. The van der Waals surface area contributed by atoms with E-state index >= 15 is 0 Å². The van der Waals surface area contributed by atoms with Crippen molar-refractivity contribution in [2.24, 2.45) is 4.99 Å². The molecule has 0 aliphatic carbocycles. The second-order valence-electron chi connectivity index (χ2n) is 6.65. The van der Waals surface area contributed by atoms with Gasteiger partial charge in [-0.05, 0) is 34.6 Å². The van der Waals surface area contributed by atoms with E-state index in [1.807, 2.05) is 34.6 Å². The van der Waals surface area contributed by atoms with Crippen molar-refractivity contribution in [2.45, 2.75) is 52.6 Å². The third-order valence-corrected chi connectivity index (χ3v) is 3.79. The number of carbonyl (C=O) groups is 2. The number of fused-ring (bicyclic) bond motifs is 1. The van der Waals surface area contributed by atoms with Gasteiger partial charge in [0.05, 0.1) is 24.5 Å². The molecule has 1 fully saturated rings. The Balaban J connectivity index is 2.44. The third kappa shape index (κ3) is 2.64. The minimum absolute atomic E-state index is 0.00509. The zero-order chi connectivity index (χ0) is 15.9. The third-order valence-electron chi connectivity index (χ3n) is 3.79. The first-order chi connectivity index (χ1) is 9.65. The number of rotatable bonds is 2. The van der Waals surface area contributed by atoms with Gasteiger partial charge in [-0.2, -0.15) is 0 Å². The Labute approximate surface area is 126 Å². The summed E-state index contributed by atoms with van der Waals surface area (Å²) >= 11 is 0. The summed E-state index contributed by atoms with van der Waals surface area (Å²) in [7, 11) is 0. The van der Waals surface area contributed by atoms with E-state index in [1.54, 1.807) is 15.9 Å². The molecule has 0 aromatic heterocycles. The molecular formula is C16H23N3O2. The summed E-state index contributed by atoms with van der Waals surface area (Å²) in [6, 6.07) is -0.134. The normalized spacial score (nSPS) is 23.6. The summed E-state index contributed by atoms with van der Waals surface area (Å²) in [6.45, 7) is 13.9. The number of carbonyl (C=O) groups excluding carboxylic acids is 2. The lowest BCUT2D eigenvalue weighted by atomic mass is 9.93. The van der Waals surface area contributed by atoms with Crippen LogP contribution in [0.2, 0.25) is 0 Å². The topological polar surface area (TPSA) is 53.0 Å². The van der Waals surface area contributed by atoms with E-state index in [9.17, 15) is 9.59 Å². The molecule has 0 aromatic rings. The first-order valence-electron chi connectivity index (χ1n) is 7.16. The Hall–Kier alpha value is -1.91. The minimum atomic E-state index is -0.570. The fourth-order valence-corrected chi connectivity index (χ4v) is 2.82. The lowest BCUT2D eigenvalue weighted by Gasteiger charge is -2.46. The van der Waals surface area contributed by atoms with Gasteiger partial charge >= 0.3 is 0 Å². The van der Waals surface area contributed by atoms with Gasteiger partial charge in [-0.3, -0.25) is 19.4 Å². The highest BCUT2D eigenvalue weighted by Crippen LogP contribution is 2.33. The van der Waals surface area contributed by atoms with Crippen molar-refractivity contribution in [3.8, 4) is 0 Å². The molecule has 2 rings (SSSR count). The SMILES string of the molecule is C=C(C)C1CN=C2N1C(=O)CC(C)(C)N2C(=O)C=C(C)C. The van der Waals surface area contributed by atoms with Crippen molar-refractivity contribution in [1.29, 1.82) is 0 Å². The maximum absolute atomic E-state index is 12.6. The van der Waals surface area contributed by atoms with Gasteiger partial charge in [0.2, 0.25) is 11.9 Å². The first-order valence-corrected chi connectivity index (χ1v) is 7.16. The van der Waals surface area contributed by atoms with Crippen LogP contribution in [0.4, 0.5) is 0 Å². The Morgan fingerprint density at radius 2 is 2.00 bits per heavy atom. The highest BCUT2D eigenvalue weighted by Gasteiger charge is 2.49. The van der Waals surface area contributed by atoms with E-state index in [-0.39, 0.29) is 24.3 Å². The number of allylic oxidation sites excluding steroid dienone is 1. The molecule has 1 saturated heterocycles. The van der Waals surface area contributed by atoms with Crippen LogP contribution in [0.5, 0.6) is 0 Å². The second-order valence-corrected chi connectivity index (χ2v) is 6.65. The molecule has 2 aliphatic heterocycles. The molecule has 0 spiro atoms. The van der Waals surface area contributed by atoms with Gasteiger partial charge in [-0.25, -0.2) is 4.99 Å². The summed E-state index contributed by atoms with van der Waals surface area (Å²) in [6.07, 6.45) is 1.88. The summed E-state index contributed by atoms with van der Waals surface area (Å²) in [4.78, 5) is 32.7. The molecule has 0 bridgehead atoms. The molecule has 21 heavy (non-hydrogen) atoms. The van der Waals surface area contributed by atoms with Gasteiger partial charge in [-0.1, -0.05) is 17.7 Å². The van der Waals surface area contributed by atoms with Gasteiger partial charge in [0, 0.05) is 6.08 Å². The molecule has 2 heterocycles. The molecular weight excluding hydrogens is 266 g/mol. The average Bonchev–Trinajstić information content (AvgIpc) is 2.70. The van der Waals surface area contributed by atoms with Crippen LogP contribution in [0.25, 0.3) is 0 Å². The van der Waals surface area contributed by atoms with Crippen LogP contribution < -0.4 is 0 Å². The largest absolute Gasteiger partial charge is 0.274 e. The van der Waals surface area contributed by atoms with Gasteiger partial charge in [0.1, 0.15) is 0 Å². The fraction of sp³-hybridized carbons (Fsp3) is 0.562. The van der Waals surface area contributed by atoms with Crippen LogP contribution in [0.1, 0.15) is 41.0 Å². The van der Waals surface area contributed by atoms with E-state index in [4.69, 9.17) is 0 Å². The van der Waals surface area contributed by atoms with Gasteiger partial charge in [0.25, 0.3) is 5.91 Å². The van der Waals surface area contributed by atoms with Crippen LogP contribution >= 0.6 is 0 Å². The molecule has 114 valence electrons. The Morgan fingerprint density at radius 1 is 1.38 bits per heavy atom. The van der Waals surface area contributed by atoms with Crippen LogP contribution in [-0.4, -0.2) is 45.7 Å². The first kappa shape index (κ1) is 15.5. The maximum Gasteiger partial charge on any atom is 0.253 e. The Bertz CT molecular complexity index is 568.